The van der Waals surface area contributed by atoms with E-state index >= 15 is 0 Å². The topological polar surface area (TPSA) is 81.5 Å². The number of urea groups is 1. The van der Waals surface area contributed by atoms with Crippen LogP contribution in [0.2, 0.25) is 0 Å². The van der Waals surface area contributed by atoms with Crippen LogP contribution in [0.15, 0.2) is 35.4 Å². The molecule has 110 valence electrons. The fourth-order valence-corrected chi connectivity index (χ4v) is 2.92. The van der Waals surface area contributed by atoms with E-state index in [2.05, 4.69) is 10.0 Å². The molecule has 2 fully saturated rings. The number of hydroxylamine groups is 2. The first-order chi connectivity index (χ1) is 10.3. The third-order valence-corrected chi connectivity index (χ3v) is 4.02. The molecule has 0 spiro atoms. The minimum atomic E-state index is -0.119. The number of azide groups is 1. The van der Waals surface area contributed by atoms with Gasteiger partial charge < -0.3 is 4.90 Å². The first-order valence-electron chi connectivity index (χ1n) is 7.07. The van der Waals surface area contributed by atoms with Crippen molar-refractivity contribution < 1.29 is 9.63 Å². The summed E-state index contributed by atoms with van der Waals surface area (Å²) in [4.78, 5) is 22.6. The Morgan fingerprint density at radius 2 is 2.14 bits per heavy atom. The maximum absolute atomic E-state index is 12.4. The molecule has 0 aromatic heterocycles. The summed E-state index contributed by atoms with van der Waals surface area (Å²) in [6.45, 7) is 1.37. The van der Waals surface area contributed by atoms with Gasteiger partial charge in [-0.15, -0.1) is 0 Å². The molecule has 1 aromatic rings. The van der Waals surface area contributed by atoms with E-state index in [1.165, 1.54) is 5.06 Å². The van der Waals surface area contributed by atoms with Crippen molar-refractivity contribution in [2.75, 3.05) is 13.1 Å². The number of carbonyl (C=O) groups excluding carboxylic acids is 1. The minimum Gasteiger partial charge on any atom is -0.318 e. The summed E-state index contributed by atoms with van der Waals surface area (Å²) in [5.74, 6) is 0. The van der Waals surface area contributed by atoms with E-state index in [4.69, 9.17) is 10.4 Å². The van der Waals surface area contributed by atoms with Gasteiger partial charge in [0.25, 0.3) is 0 Å². The Hall–Kier alpha value is -2.24. The molecule has 0 unspecified atom stereocenters. The SMILES string of the molecule is [N-]=[N+]=NC[C@@H]1CC[C@H]2CN1C(=O)N2OCc1ccccc1. The van der Waals surface area contributed by atoms with Crippen molar-refractivity contribution in [3.63, 3.8) is 0 Å². The van der Waals surface area contributed by atoms with Crippen molar-refractivity contribution in [3.8, 4) is 0 Å². The number of rotatable bonds is 5. The number of fused-ring (bicyclic) bond motifs is 2. The maximum Gasteiger partial charge on any atom is 0.344 e. The maximum atomic E-state index is 12.4. The Labute approximate surface area is 122 Å². The molecule has 0 N–H and O–H groups in total. The van der Waals surface area contributed by atoms with Gasteiger partial charge in [-0.05, 0) is 23.9 Å². The Bertz CT molecular complexity index is 558. The van der Waals surface area contributed by atoms with E-state index in [1.54, 1.807) is 4.90 Å². The highest BCUT2D eigenvalue weighted by Gasteiger charge is 2.45. The molecule has 0 radical (unpaired) electrons. The summed E-state index contributed by atoms with van der Waals surface area (Å²) in [5, 5.41) is 5.08. The molecular weight excluding hydrogens is 270 g/mol. The molecule has 2 heterocycles. The second-order valence-corrected chi connectivity index (χ2v) is 5.32. The van der Waals surface area contributed by atoms with Crippen LogP contribution in [0.1, 0.15) is 18.4 Å². The average molecular weight is 287 g/mol. The van der Waals surface area contributed by atoms with Crippen molar-refractivity contribution in [1.82, 2.24) is 9.96 Å². The normalized spacial score (nSPS) is 24.1. The molecule has 0 aliphatic carbocycles. The third kappa shape index (κ3) is 2.79. The van der Waals surface area contributed by atoms with E-state index in [1.807, 2.05) is 30.3 Å². The molecular formula is C14H17N5O2. The van der Waals surface area contributed by atoms with Crippen LogP contribution in [0.5, 0.6) is 0 Å². The van der Waals surface area contributed by atoms with Crippen molar-refractivity contribution in [2.45, 2.75) is 31.5 Å². The third-order valence-electron chi connectivity index (χ3n) is 4.02. The number of hydrogen-bond acceptors (Lipinski definition) is 3. The van der Waals surface area contributed by atoms with Gasteiger partial charge in [-0.2, -0.15) is 5.06 Å². The zero-order chi connectivity index (χ0) is 14.7. The molecule has 2 atom stereocenters. The van der Waals surface area contributed by atoms with Crippen molar-refractivity contribution >= 4 is 6.03 Å². The van der Waals surface area contributed by atoms with Crippen LogP contribution in [0.4, 0.5) is 4.79 Å². The van der Waals surface area contributed by atoms with Crippen LogP contribution in [0.25, 0.3) is 10.4 Å². The Kier molecular flexibility index (Phi) is 3.94. The highest BCUT2D eigenvalue weighted by molar-refractivity contribution is 5.77. The molecule has 7 nitrogen and oxygen atoms in total. The predicted octanol–water partition coefficient (Wildman–Crippen LogP) is 2.70. The van der Waals surface area contributed by atoms with Gasteiger partial charge in [-0.25, -0.2) is 4.79 Å². The zero-order valence-corrected chi connectivity index (χ0v) is 11.6. The number of benzene rings is 1. The summed E-state index contributed by atoms with van der Waals surface area (Å²) in [7, 11) is 0. The molecule has 0 saturated carbocycles. The van der Waals surface area contributed by atoms with Crippen molar-refractivity contribution in [3.05, 3.63) is 46.3 Å². The highest BCUT2D eigenvalue weighted by Crippen LogP contribution is 2.30. The van der Waals surface area contributed by atoms with Gasteiger partial charge in [0.1, 0.15) is 6.61 Å². The van der Waals surface area contributed by atoms with Gasteiger partial charge in [0, 0.05) is 24.0 Å². The molecule has 3 rings (SSSR count). The van der Waals surface area contributed by atoms with Gasteiger partial charge in [0.2, 0.25) is 0 Å². The van der Waals surface area contributed by atoms with E-state index < -0.39 is 0 Å². The summed E-state index contributed by atoms with van der Waals surface area (Å²) >= 11 is 0. The number of carbonyl (C=O) groups is 1. The minimum absolute atomic E-state index is 0.00465. The Morgan fingerprint density at radius 1 is 1.33 bits per heavy atom. The van der Waals surface area contributed by atoms with Crippen molar-refractivity contribution in [2.24, 2.45) is 5.11 Å². The molecule has 2 aliphatic rings. The van der Waals surface area contributed by atoms with Crippen LogP contribution in [0, 0.1) is 0 Å². The average Bonchev–Trinajstić information content (AvgIpc) is 2.78. The Balaban J connectivity index is 1.63. The fraction of sp³-hybridized carbons (Fsp3) is 0.500. The fourth-order valence-electron chi connectivity index (χ4n) is 2.92. The Morgan fingerprint density at radius 3 is 2.90 bits per heavy atom. The lowest BCUT2D eigenvalue weighted by Gasteiger charge is -2.29. The monoisotopic (exact) mass is 287 g/mol. The highest BCUT2D eigenvalue weighted by atomic mass is 16.7. The van der Waals surface area contributed by atoms with E-state index in [9.17, 15) is 4.79 Å². The summed E-state index contributed by atoms with van der Waals surface area (Å²) in [6.07, 6.45) is 1.73. The van der Waals surface area contributed by atoms with Gasteiger partial charge in [0.05, 0.1) is 6.04 Å². The largest absolute Gasteiger partial charge is 0.344 e. The number of amides is 2. The van der Waals surface area contributed by atoms with E-state index in [0.717, 1.165) is 18.4 Å². The summed E-state index contributed by atoms with van der Waals surface area (Å²) < 4.78 is 0. The lowest BCUT2D eigenvalue weighted by atomic mass is 10.0. The van der Waals surface area contributed by atoms with E-state index in [0.29, 0.717) is 19.7 Å². The molecule has 2 aliphatic heterocycles. The zero-order valence-electron chi connectivity index (χ0n) is 11.6. The first kappa shape index (κ1) is 13.7. The first-order valence-corrected chi connectivity index (χ1v) is 7.07. The molecule has 2 bridgehead atoms. The lowest BCUT2D eigenvalue weighted by molar-refractivity contribution is -0.140. The van der Waals surface area contributed by atoms with Crippen LogP contribution in [-0.4, -0.2) is 41.2 Å². The molecule has 2 saturated heterocycles. The predicted molar refractivity (Wildman–Crippen MR) is 76.0 cm³/mol. The van der Waals surface area contributed by atoms with Gasteiger partial charge in [-0.3, -0.25) is 4.84 Å². The van der Waals surface area contributed by atoms with Crippen LogP contribution < -0.4 is 0 Å². The summed E-state index contributed by atoms with van der Waals surface area (Å²) in [6, 6.07) is 9.76. The standard InChI is InChI=1S/C14H17N5O2/c15-17-16-8-12-6-7-13-9-18(12)14(20)19(13)21-10-11-4-2-1-3-5-11/h1-5,12-13H,6-10H2/t12-,13-/m0/s1. The molecule has 1 aromatic carbocycles. The number of piperidine rings is 1. The molecule has 2 amide bonds. The summed E-state index contributed by atoms with van der Waals surface area (Å²) in [5.41, 5.74) is 9.45. The van der Waals surface area contributed by atoms with E-state index in [-0.39, 0.29) is 18.1 Å². The lowest BCUT2D eigenvalue weighted by Crippen LogP contribution is -2.41. The second kappa shape index (κ2) is 6.03. The smallest absolute Gasteiger partial charge is 0.318 e. The number of hydrogen-bond donors (Lipinski definition) is 0. The molecule has 7 heteroatoms. The van der Waals surface area contributed by atoms with Gasteiger partial charge >= 0.3 is 6.03 Å². The quantitative estimate of drug-likeness (QED) is 0.474. The van der Waals surface area contributed by atoms with Crippen LogP contribution >= 0.6 is 0 Å². The second-order valence-electron chi connectivity index (χ2n) is 5.32. The van der Waals surface area contributed by atoms with Gasteiger partial charge in [-0.1, -0.05) is 35.4 Å². The van der Waals surface area contributed by atoms with Crippen molar-refractivity contribution in [1.29, 1.82) is 0 Å². The molecule has 21 heavy (non-hydrogen) atoms. The van der Waals surface area contributed by atoms with Crippen LogP contribution in [0.3, 0.4) is 0 Å². The number of nitrogens with zero attached hydrogens (tertiary/aromatic N) is 5. The van der Waals surface area contributed by atoms with Gasteiger partial charge in [0.15, 0.2) is 0 Å². The van der Waals surface area contributed by atoms with Crippen LogP contribution in [-0.2, 0) is 11.4 Å².